The van der Waals surface area contributed by atoms with Gasteiger partial charge in [-0.3, -0.25) is 0 Å². The molecule has 0 amide bonds. The van der Waals surface area contributed by atoms with Gasteiger partial charge in [0.1, 0.15) is 11.3 Å². The molecule has 2 N–H and O–H groups in total. The first-order valence-electron chi connectivity index (χ1n) is 7.41. The zero-order chi connectivity index (χ0) is 14.3. The monoisotopic (exact) mass is 273 g/mol. The van der Waals surface area contributed by atoms with Crippen LogP contribution in [-0.2, 0) is 0 Å². The predicted octanol–water partition coefficient (Wildman–Crippen LogP) is 3.77. The molecule has 1 heterocycles. The van der Waals surface area contributed by atoms with Crippen LogP contribution in [0.5, 0.6) is 5.75 Å². The summed E-state index contributed by atoms with van der Waals surface area (Å²) in [6.45, 7) is 7.28. The fourth-order valence-corrected chi connectivity index (χ4v) is 3.38. The Kier molecular flexibility index (Phi) is 3.11. The number of benzene rings is 1. The van der Waals surface area contributed by atoms with Crippen molar-refractivity contribution in [3.8, 4) is 5.75 Å². The van der Waals surface area contributed by atoms with Crippen molar-refractivity contribution >= 4 is 17.0 Å². The molecule has 1 aromatic carbocycles. The first kappa shape index (κ1) is 13.3. The number of rotatable bonds is 3. The van der Waals surface area contributed by atoms with Gasteiger partial charge in [-0.15, -0.1) is 0 Å². The number of fused-ring (bicyclic) bond motifs is 1. The van der Waals surface area contributed by atoms with Gasteiger partial charge in [0, 0.05) is 6.04 Å². The number of aromatic nitrogens is 2. The minimum Gasteiger partial charge on any atom is -0.492 e. The van der Waals surface area contributed by atoms with E-state index < -0.39 is 0 Å². The third-order valence-electron chi connectivity index (χ3n) is 4.32. The standard InChI is InChI=1S/C16H23N3O/c1-4-20-13-7-5-6-12-14(13)18-15(17)19(12)11-8-9-16(2,3)10-11/h5-7,11H,4,8-10H2,1-3H3,(H2,17,18). The molecular formula is C16H23N3O. The van der Waals surface area contributed by atoms with E-state index in [4.69, 9.17) is 10.5 Å². The van der Waals surface area contributed by atoms with Crippen LogP contribution in [0.25, 0.3) is 11.0 Å². The van der Waals surface area contributed by atoms with E-state index in [1.807, 2.05) is 19.1 Å². The molecule has 3 rings (SSSR count). The van der Waals surface area contributed by atoms with E-state index in [0.717, 1.165) is 23.2 Å². The highest BCUT2D eigenvalue weighted by Crippen LogP contribution is 2.45. The third kappa shape index (κ3) is 2.13. The number of anilines is 1. The van der Waals surface area contributed by atoms with Gasteiger partial charge in [-0.2, -0.15) is 0 Å². The van der Waals surface area contributed by atoms with Gasteiger partial charge in [0.25, 0.3) is 0 Å². The van der Waals surface area contributed by atoms with Crippen LogP contribution in [-0.4, -0.2) is 16.2 Å². The van der Waals surface area contributed by atoms with Crippen LogP contribution < -0.4 is 10.5 Å². The molecule has 0 spiro atoms. The molecule has 1 saturated carbocycles. The van der Waals surface area contributed by atoms with E-state index in [9.17, 15) is 0 Å². The Morgan fingerprint density at radius 1 is 1.45 bits per heavy atom. The van der Waals surface area contributed by atoms with Crippen LogP contribution in [0.3, 0.4) is 0 Å². The molecular weight excluding hydrogens is 250 g/mol. The lowest BCUT2D eigenvalue weighted by atomic mass is 9.92. The number of hydrogen-bond acceptors (Lipinski definition) is 3. The number of imidazole rings is 1. The SMILES string of the molecule is CCOc1cccc2c1nc(N)n2C1CCC(C)(C)C1. The van der Waals surface area contributed by atoms with Crippen LogP contribution in [0.4, 0.5) is 5.95 Å². The van der Waals surface area contributed by atoms with Gasteiger partial charge in [0.05, 0.1) is 12.1 Å². The van der Waals surface area contributed by atoms with E-state index in [1.54, 1.807) is 0 Å². The maximum Gasteiger partial charge on any atom is 0.201 e. The minimum atomic E-state index is 0.394. The van der Waals surface area contributed by atoms with E-state index in [0.29, 0.717) is 24.0 Å². The highest BCUT2D eigenvalue weighted by atomic mass is 16.5. The summed E-state index contributed by atoms with van der Waals surface area (Å²) in [5, 5.41) is 0. The molecule has 0 bridgehead atoms. The van der Waals surface area contributed by atoms with Crippen molar-refractivity contribution in [3.63, 3.8) is 0 Å². The molecule has 4 heteroatoms. The van der Waals surface area contributed by atoms with E-state index in [2.05, 4.69) is 29.5 Å². The molecule has 4 nitrogen and oxygen atoms in total. The average molecular weight is 273 g/mol. The van der Waals surface area contributed by atoms with Crippen molar-refractivity contribution in [2.45, 2.75) is 46.1 Å². The molecule has 108 valence electrons. The second kappa shape index (κ2) is 4.69. The first-order valence-corrected chi connectivity index (χ1v) is 7.41. The molecule has 0 aliphatic heterocycles. The molecule has 1 aliphatic carbocycles. The van der Waals surface area contributed by atoms with Crippen molar-refractivity contribution in [1.82, 2.24) is 9.55 Å². The van der Waals surface area contributed by atoms with E-state index in [-0.39, 0.29) is 0 Å². The lowest BCUT2D eigenvalue weighted by Gasteiger charge is -2.19. The molecule has 1 aliphatic rings. The van der Waals surface area contributed by atoms with Gasteiger partial charge in [0.15, 0.2) is 0 Å². The van der Waals surface area contributed by atoms with Gasteiger partial charge in [-0.05, 0) is 43.7 Å². The van der Waals surface area contributed by atoms with Crippen LogP contribution in [0.15, 0.2) is 18.2 Å². The Bertz CT molecular complexity index is 630. The maximum atomic E-state index is 6.18. The summed E-state index contributed by atoms with van der Waals surface area (Å²) in [5.41, 5.74) is 8.56. The van der Waals surface area contributed by atoms with Crippen LogP contribution >= 0.6 is 0 Å². The van der Waals surface area contributed by atoms with Gasteiger partial charge in [-0.1, -0.05) is 19.9 Å². The highest BCUT2D eigenvalue weighted by Gasteiger charge is 2.33. The average Bonchev–Trinajstić information content (AvgIpc) is 2.89. The van der Waals surface area contributed by atoms with Crippen molar-refractivity contribution in [2.24, 2.45) is 5.41 Å². The Morgan fingerprint density at radius 3 is 2.90 bits per heavy atom. The van der Waals surface area contributed by atoms with Crippen molar-refractivity contribution < 1.29 is 4.74 Å². The Hall–Kier alpha value is -1.71. The van der Waals surface area contributed by atoms with Crippen molar-refractivity contribution in [2.75, 3.05) is 12.3 Å². The fraction of sp³-hybridized carbons (Fsp3) is 0.562. The smallest absolute Gasteiger partial charge is 0.201 e. The topological polar surface area (TPSA) is 53.1 Å². The largest absolute Gasteiger partial charge is 0.492 e. The summed E-state index contributed by atoms with van der Waals surface area (Å²) in [4.78, 5) is 4.54. The number of nitrogens with two attached hydrogens (primary N) is 1. The zero-order valence-corrected chi connectivity index (χ0v) is 12.5. The second-order valence-corrected chi connectivity index (χ2v) is 6.46. The summed E-state index contributed by atoms with van der Waals surface area (Å²) in [6, 6.07) is 6.52. The number of hydrogen-bond donors (Lipinski definition) is 1. The van der Waals surface area contributed by atoms with Crippen molar-refractivity contribution in [1.29, 1.82) is 0 Å². The maximum absolute atomic E-state index is 6.18. The van der Waals surface area contributed by atoms with Gasteiger partial charge < -0.3 is 15.0 Å². The molecule has 2 aromatic rings. The van der Waals surface area contributed by atoms with Crippen LogP contribution in [0.2, 0.25) is 0 Å². The molecule has 1 aromatic heterocycles. The Labute approximate surface area is 119 Å². The number of ether oxygens (including phenoxy) is 1. The zero-order valence-electron chi connectivity index (χ0n) is 12.5. The molecule has 0 radical (unpaired) electrons. The molecule has 1 unspecified atom stereocenters. The molecule has 20 heavy (non-hydrogen) atoms. The van der Waals surface area contributed by atoms with E-state index in [1.165, 1.54) is 12.8 Å². The third-order valence-corrected chi connectivity index (χ3v) is 4.32. The molecule has 1 fully saturated rings. The number of nitrogens with zero attached hydrogens (tertiary/aromatic N) is 2. The van der Waals surface area contributed by atoms with Gasteiger partial charge in [-0.25, -0.2) is 4.98 Å². The number of para-hydroxylation sites is 1. The number of nitrogen functional groups attached to an aromatic ring is 1. The first-order chi connectivity index (χ1) is 9.52. The summed E-state index contributed by atoms with van der Waals surface area (Å²) >= 11 is 0. The van der Waals surface area contributed by atoms with E-state index >= 15 is 0 Å². The quantitative estimate of drug-likeness (QED) is 0.926. The van der Waals surface area contributed by atoms with Gasteiger partial charge >= 0.3 is 0 Å². The van der Waals surface area contributed by atoms with Crippen LogP contribution in [0, 0.1) is 5.41 Å². The summed E-state index contributed by atoms with van der Waals surface area (Å²) in [5.74, 6) is 1.43. The lowest BCUT2D eigenvalue weighted by molar-refractivity contribution is 0.343. The van der Waals surface area contributed by atoms with Gasteiger partial charge in [0.2, 0.25) is 5.95 Å². The summed E-state index contributed by atoms with van der Waals surface area (Å²) in [7, 11) is 0. The lowest BCUT2D eigenvalue weighted by Crippen LogP contribution is -2.11. The van der Waals surface area contributed by atoms with Crippen LogP contribution in [0.1, 0.15) is 46.1 Å². The highest BCUT2D eigenvalue weighted by molar-refractivity contribution is 5.84. The Morgan fingerprint density at radius 2 is 2.25 bits per heavy atom. The minimum absolute atomic E-state index is 0.394. The Balaban J connectivity index is 2.08. The summed E-state index contributed by atoms with van der Waals surface area (Å²) < 4.78 is 7.86. The molecule has 0 saturated heterocycles. The van der Waals surface area contributed by atoms with Crippen molar-refractivity contribution in [3.05, 3.63) is 18.2 Å². The predicted molar refractivity (Wildman–Crippen MR) is 82.0 cm³/mol. The second-order valence-electron chi connectivity index (χ2n) is 6.46. The molecule has 1 atom stereocenters. The normalized spacial score (nSPS) is 21.4. The summed E-state index contributed by atoms with van der Waals surface area (Å²) in [6.07, 6.45) is 3.56. The fourth-order valence-electron chi connectivity index (χ4n) is 3.38.